The maximum absolute atomic E-state index is 10.0. The Labute approximate surface area is 106 Å². The van der Waals surface area contributed by atoms with Crippen LogP contribution in [-0.4, -0.2) is 29.5 Å². The largest absolute Gasteiger partial charge is 0.370 e. The van der Waals surface area contributed by atoms with Gasteiger partial charge in [-0.3, -0.25) is 4.79 Å². The molecular weight excluding hydrogens is 240 g/mol. The van der Waals surface area contributed by atoms with Gasteiger partial charge in [0, 0.05) is 24.8 Å². The van der Waals surface area contributed by atoms with Gasteiger partial charge in [0.15, 0.2) is 0 Å². The highest BCUT2D eigenvalue weighted by molar-refractivity contribution is 6.28. The van der Waals surface area contributed by atoms with Crippen molar-refractivity contribution in [2.45, 2.75) is 26.2 Å². The van der Waals surface area contributed by atoms with Crippen LogP contribution in [0.4, 0.5) is 5.82 Å². The Morgan fingerprint density at radius 1 is 1.41 bits per heavy atom. The van der Waals surface area contributed by atoms with E-state index in [0.717, 1.165) is 37.3 Å². The number of carbonyl (C=O) groups is 1. The fraction of sp³-hybridized carbons (Fsp3) is 0.545. The predicted octanol–water partition coefficient (Wildman–Crippen LogP) is 1.63. The van der Waals surface area contributed by atoms with Crippen molar-refractivity contribution in [3.8, 4) is 0 Å². The Balaban J connectivity index is 2.43. The predicted molar refractivity (Wildman–Crippen MR) is 68.2 cm³/mol. The first kappa shape index (κ1) is 13.7. The Morgan fingerprint density at radius 3 is 2.94 bits per heavy atom. The number of carbonyl (C=O) groups excluding carboxylic acids is 1. The molecule has 0 radical (unpaired) electrons. The van der Waals surface area contributed by atoms with E-state index < -0.39 is 0 Å². The number of halogens is 1. The SMILES string of the molecule is CCCc1cc(NCCCNC=O)nc(Cl)n1. The molecule has 0 fully saturated rings. The van der Waals surface area contributed by atoms with Crippen LogP contribution in [0.1, 0.15) is 25.5 Å². The highest BCUT2D eigenvalue weighted by atomic mass is 35.5. The quantitative estimate of drug-likeness (QED) is 0.422. The average molecular weight is 257 g/mol. The van der Waals surface area contributed by atoms with Crippen molar-refractivity contribution < 1.29 is 4.79 Å². The van der Waals surface area contributed by atoms with Crippen molar-refractivity contribution in [2.24, 2.45) is 0 Å². The van der Waals surface area contributed by atoms with Gasteiger partial charge < -0.3 is 10.6 Å². The lowest BCUT2D eigenvalue weighted by atomic mass is 10.2. The molecule has 1 aromatic heterocycles. The Morgan fingerprint density at radius 2 is 2.24 bits per heavy atom. The number of aryl methyl sites for hydroxylation is 1. The molecule has 1 heterocycles. The smallest absolute Gasteiger partial charge is 0.224 e. The minimum Gasteiger partial charge on any atom is -0.370 e. The van der Waals surface area contributed by atoms with E-state index in [0.29, 0.717) is 13.0 Å². The molecule has 1 aromatic rings. The van der Waals surface area contributed by atoms with Crippen LogP contribution in [0.2, 0.25) is 5.28 Å². The topological polar surface area (TPSA) is 66.9 Å². The van der Waals surface area contributed by atoms with E-state index in [4.69, 9.17) is 11.6 Å². The second-order valence-corrected chi connectivity index (χ2v) is 3.95. The van der Waals surface area contributed by atoms with Gasteiger partial charge in [-0.25, -0.2) is 9.97 Å². The molecule has 0 saturated heterocycles. The average Bonchev–Trinajstić information content (AvgIpc) is 2.28. The summed E-state index contributed by atoms with van der Waals surface area (Å²) >= 11 is 5.83. The van der Waals surface area contributed by atoms with Crippen LogP contribution in [0.3, 0.4) is 0 Å². The molecule has 0 saturated carbocycles. The van der Waals surface area contributed by atoms with Gasteiger partial charge in [-0.2, -0.15) is 0 Å². The van der Waals surface area contributed by atoms with Gasteiger partial charge in [0.2, 0.25) is 11.7 Å². The van der Waals surface area contributed by atoms with Gasteiger partial charge in [0.25, 0.3) is 0 Å². The van der Waals surface area contributed by atoms with Crippen LogP contribution in [0.25, 0.3) is 0 Å². The fourth-order valence-electron chi connectivity index (χ4n) is 1.41. The minimum absolute atomic E-state index is 0.268. The molecule has 1 rings (SSSR count). The zero-order valence-corrected chi connectivity index (χ0v) is 10.6. The molecule has 1 amide bonds. The van der Waals surface area contributed by atoms with Gasteiger partial charge >= 0.3 is 0 Å². The summed E-state index contributed by atoms with van der Waals surface area (Å²) in [5.41, 5.74) is 0.945. The van der Waals surface area contributed by atoms with Crippen LogP contribution in [-0.2, 0) is 11.2 Å². The molecular formula is C11H17ClN4O. The maximum atomic E-state index is 10.0. The molecule has 5 nitrogen and oxygen atoms in total. The normalized spacial score (nSPS) is 10.0. The molecule has 0 aliphatic rings. The summed E-state index contributed by atoms with van der Waals surface area (Å²) in [4.78, 5) is 18.3. The van der Waals surface area contributed by atoms with E-state index in [2.05, 4.69) is 27.5 Å². The third kappa shape index (κ3) is 5.49. The molecule has 0 spiro atoms. The summed E-state index contributed by atoms with van der Waals surface area (Å²) in [5.74, 6) is 0.736. The second-order valence-electron chi connectivity index (χ2n) is 3.62. The highest BCUT2D eigenvalue weighted by Crippen LogP contribution is 2.11. The molecule has 0 bridgehead atoms. The summed E-state index contributed by atoms with van der Waals surface area (Å²) in [7, 11) is 0. The van der Waals surface area contributed by atoms with Gasteiger partial charge in [0.05, 0.1) is 0 Å². The number of hydrogen-bond donors (Lipinski definition) is 2. The molecule has 0 aromatic carbocycles. The van der Waals surface area contributed by atoms with Crippen LogP contribution < -0.4 is 10.6 Å². The summed E-state index contributed by atoms with van der Waals surface area (Å²) in [6, 6.07) is 1.91. The number of hydrogen-bond acceptors (Lipinski definition) is 4. The first-order chi connectivity index (χ1) is 8.26. The number of nitrogens with one attached hydrogen (secondary N) is 2. The van der Waals surface area contributed by atoms with E-state index in [-0.39, 0.29) is 5.28 Å². The molecule has 0 aliphatic carbocycles. The van der Waals surface area contributed by atoms with Crippen molar-refractivity contribution in [2.75, 3.05) is 18.4 Å². The van der Waals surface area contributed by atoms with E-state index >= 15 is 0 Å². The van der Waals surface area contributed by atoms with Crippen molar-refractivity contribution in [1.29, 1.82) is 0 Å². The van der Waals surface area contributed by atoms with Crippen molar-refractivity contribution in [3.05, 3.63) is 17.0 Å². The van der Waals surface area contributed by atoms with Crippen molar-refractivity contribution in [3.63, 3.8) is 0 Å². The van der Waals surface area contributed by atoms with E-state index in [1.807, 2.05) is 6.07 Å². The molecule has 17 heavy (non-hydrogen) atoms. The number of anilines is 1. The zero-order valence-electron chi connectivity index (χ0n) is 9.87. The van der Waals surface area contributed by atoms with Gasteiger partial charge in [-0.1, -0.05) is 13.3 Å². The fourth-order valence-corrected chi connectivity index (χ4v) is 1.61. The van der Waals surface area contributed by atoms with Crippen molar-refractivity contribution in [1.82, 2.24) is 15.3 Å². The van der Waals surface area contributed by atoms with Gasteiger partial charge in [-0.05, 0) is 24.4 Å². The Bertz CT molecular complexity index is 359. The first-order valence-electron chi connectivity index (χ1n) is 5.70. The summed E-state index contributed by atoms with van der Waals surface area (Å²) in [6.07, 6.45) is 3.45. The Hall–Kier alpha value is -1.36. The molecule has 6 heteroatoms. The summed E-state index contributed by atoms with van der Waals surface area (Å²) < 4.78 is 0. The highest BCUT2D eigenvalue weighted by Gasteiger charge is 2.01. The van der Waals surface area contributed by atoms with Crippen LogP contribution in [0.5, 0.6) is 0 Å². The molecule has 94 valence electrons. The number of amides is 1. The van der Waals surface area contributed by atoms with E-state index in [1.165, 1.54) is 0 Å². The Kier molecular flexibility index (Phi) is 6.32. The number of aromatic nitrogens is 2. The molecule has 0 atom stereocenters. The van der Waals surface area contributed by atoms with Crippen LogP contribution in [0.15, 0.2) is 6.07 Å². The standard InChI is InChI=1S/C11H17ClN4O/c1-2-4-9-7-10(16-11(12)15-9)14-6-3-5-13-8-17/h7-8H,2-6H2,1H3,(H,13,17)(H,14,15,16). The maximum Gasteiger partial charge on any atom is 0.224 e. The lowest BCUT2D eigenvalue weighted by molar-refractivity contribution is -0.109. The third-order valence-electron chi connectivity index (χ3n) is 2.15. The number of rotatable bonds is 8. The van der Waals surface area contributed by atoms with E-state index in [1.54, 1.807) is 0 Å². The third-order valence-corrected chi connectivity index (χ3v) is 2.31. The van der Waals surface area contributed by atoms with Crippen molar-refractivity contribution >= 4 is 23.8 Å². The van der Waals surface area contributed by atoms with Crippen LogP contribution >= 0.6 is 11.6 Å². The van der Waals surface area contributed by atoms with Crippen LogP contribution in [0, 0.1) is 0 Å². The van der Waals surface area contributed by atoms with E-state index in [9.17, 15) is 4.79 Å². The van der Waals surface area contributed by atoms with Gasteiger partial charge in [-0.15, -0.1) is 0 Å². The number of nitrogens with zero attached hydrogens (tertiary/aromatic N) is 2. The lowest BCUT2D eigenvalue weighted by Gasteiger charge is -2.07. The monoisotopic (exact) mass is 256 g/mol. The first-order valence-corrected chi connectivity index (χ1v) is 6.08. The molecule has 2 N–H and O–H groups in total. The summed E-state index contributed by atoms with van der Waals surface area (Å²) in [6.45, 7) is 3.48. The zero-order chi connectivity index (χ0) is 12.5. The second kappa shape index (κ2) is 7.84. The molecule has 0 unspecified atom stereocenters. The minimum atomic E-state index is 0.268. The summed E-state index contributed by atoms with van der Waals surface area (Å²) in [5, 5.41) is 6.02. The lowest BCUT2D eigenvalue weighted by Crippen LogP contribution is -2.16. The van der Waals surface area contributed by atoms with Gasteiger partial charge in [0.1, 0.15) is 5.82 Å². The molecule has 0 aliphatic heterocycles.